The van der Waals surface area contributed by atoms with Gasteiger partial charge in [-0.1, -0.05) is 18.7 Å². The Morgan fingerprint density at radius 3 is 2.82 bits per heavy atom. The van der Waals surface area contributed by atoms with Crippen LogP contribution >= 0.6 is 0 Å². The Hall–Kier alpha value is -1.44. The first kappa shape index (κ1) is 6.28. The van der Waals surface area contributed by atoms with Gasteiger partial charge in [-0.2, -0.15) is 0 Å². The van der Waals surface area contributed by atoms with E-state index in [0.29, 0.717) is 0 Å². The van der Waals surface area contributed by atoms with Crippen molar-refractivity contribution < 1.29 is 0 Å². The summed E-state index contributed by atoms with van der Waals surface area (Å²) in [7, 11) is 0. The molecule has 0 saturated heterocycles. The van der Waals surface area contributed by atoms with Gasteiger partial charge >= 0.3 is 0 Å². The highest BCUT2D eigenvalue weighted by atomic mass is 15.2. The lowest BCUT2D eigenvalue weighted by molar-refractivity contribution is 1.46. The highest BCUT2D eigenvalue weighted by Crippen LogP contribution is 2.32. The molecule has 0 aliphatic carbocycles. The molecule has 1 aliphatic heterocycles. The maximum Gasteiger partial charge on any atom is 0.100 e. The van der Waals surface area contributed by atoms with Gasteiger partial charge in [0.1, 0.15) is 5.82 Å². The number of rotatable bonds is 0. The molecule has 2 heteroatoms. The van der Waals surface area contributed by atoms with Gasteiger partial charge in [-0.25, -0.2) is 0 Å². The van der Waals surface area contributed by atoms with Crippen molar-refractivity contribution in [1.82, 2.24) is 0 Å². The Balaban J connectivity index is 2.57. The van der Waals surface area contributed by atoms with Gasteiger partial charge in [0.25, 0.3) is 0 Å². The molecule has 1 aromatic carbocycles. The first-order valence-electron chi connectivity index (χ1n) is 3.60. The fourth-order valence-electron chi connectivity index (χ4n) is 1.28. The van der Waals surface area contributed by atoms with Gasteiger partial charge in [-0.05, 0) is 18.6 Å². The fraction of sp³-hybridized carbons (Fsp3) is 0.111. The van der Waals surface area contributed by atoms with E-state index in [2.05, 4.69) is 30.2 Å². The van der Waals surface area contributed by atoms with E-state index in [0.717, 1.165) is 17.2 Å². The zero-order valence-electron chi connectivity index (χ0n) is 6.44. The summed E-state index contributed by atoms with van der Waals surface area (Å²) in [5.41, 5.74) is 3.51. The largest absolute Gasteiger partial charge is 0.341 e. The maximum atomic E-state index is 3.79. The van der Waals surface area contributed by atoms with Crippen LogP contribution in [0.3, 0.4) is 0 Å². The summed E-state index contributed by atoms with van der Waals surface area (Å²) < 4.78 is 0. The molecule has 11 heavy (non-hydrogen) atoms. The van der Waals surface area contributed by atoms with Crippen molar-refractivity contribution in [2.75, 3.05) is 10.6 Å². The van der Waals surface area contributed by atoms with Gasteiger partial charge in [0.05, 0.1) is 11.4 Å². The molecule has 2 N–H and O–H groups in total. The monoisotopic (exact) mass is 146 g/mol. The van der Waals surface area contributed by atoms with Gasteiger partial charge in [0.2, 0.25) is 0 Å². The van der Waals surface area contributed by atoms with Crippen LogP contribution in [-0.2, 0) is 0 Å². The van der Waals surface area contributed by atoms with Crippen molar-refractivity contribution in [1.29, 1.82) is 0 Å². The lowest BCUT2D eigenvalue weighted by Crippen LogP contribution is -1.95. The first-order chi connectivity index (χ1) is 5.27. The standard InChI is InChI=1S/C9H10N2/c1-6-4-3-5-8-9(6)11-7(2)10-8/h3-5,10-11H,2H2,1H3. The molecule has 1 aliphatic rings. The summed E-state index contributed by atoms with van der Waals surface area (Å²) in [6, 6.07) is 6.14. The summed E-state index contributed by atoms with van der Waals surface area (Å²) in [4.78, 5) is 0. The van der Waals surface area contributed by atoms with Crippen molar-refractivity contribution in [3.05, 3.63) is 36.2 Å². The van der Waals surface area contributed by atoms with Crippen molar-refractivity contribution in [2.24, 2.45) is 0 Å². The third-order valence-electron chi connectivity index (χ3n) is 1.83. The molecule has 0 bridgehead atoms. The van der Waals surface area contributed by atoms with Crippen molar-refractivity contribution in [2.45, 2.75) is 6.92 Å². The Labute approximate surface area is 65.9 Å². The van der Waals surface area contributed by atoms with Crippen LogP contribution in [-0.4, -0.2) is 0 Å². The summed E-state index contributed by atoms with van der Waals surface area (Å²) in [6.07, 6.45) is 0. The Bertz CT molecular complexity index is 315. The van der Waals surface area contributed by atoms with Gasteiger partial charge in [0, 0.05) is 0 Å². The maximum absolute atomic E-state index is 3.79. The minimum Gasteiger partial charge on any atom is -0.341 e. The summed E-state index contributed by atoms with van der Waals surface area (Å²) in [5, 5.41) is 6.29. The second-order valence-electron chi connectivity index (χ2n) is 2.73. The van der Waals surface area contributed by atoms with Crippen LogP contribution in [0.5, 0.6) is 0 Å². The molecule has 0 fully saturated rings. The first-order valence-corrected chi connectivity index (χ1v) is 3.60. The number of anilines is 2. The van der Waals surface area contributed by atoms with Crippen LogP contribution in [0.15, 0.2) is 30.6 Å². The van der Waals surface area contributed by atoms with Crippen LogP contribution in [0.2, 0.25) is 0 Å². The van der Waals surface area contributed by atoms with E-state index in [1.165, 1.54) is 5.56 Å². The molecule has 1 heterocycles. The lowest BCUT2D eigenvalue weighted by atomic mass is 10.2. The number of hydrogen-bond donors (Lipinski definition) is 2. The highest BCUT2D eigenvalue weighted by molar-refractivity contribution is 5.81. The third-order valence-corrected chi connectivity index (χ3v) is 1.83. The summed E-state index contributed by atoms with van der Waals surface area (Å²) in [6.45, 7) is 5.86. The second kappa shape index (κ2) is 2.02. The van der Waals surface area contributed by atoms with Crippen LogP contribution in [0.4, 0.5) is 11.4 Å². The van der Waals surface area contributed by atoms with Gasteiger partial charge in [-0.15, -0.1) is 0 Å². The number of fused-ring (bicyclic) bond motifs is 1. The third kappa shape index (κ3) is 0.871. The van der Waals surface area contributed by atoms with Crippen molar-refractivity contribution in [3.8, 4) is 0 Å². The van der Waals surface area contributed by atoms with E-state index < -0.39 is 0 Å². The fourth-order valence-corrected chi connectivity index (χ4v) is 1.28. The number of aryl methyl sites for hydroxylation is 1. The molecule has 0 aromatic heterocycles. The highest BCUT2D eigenvalue weighted by Gasteiger charge is 2.12. The normalized spacial score (nSPS) is 13.7. The minimum atomic E-state index is 0.856. The molecule has 0 amide bonds. The van der Waals surface area contributed by atoms with Crippen LogP contribution < -0.4 is 10.6 Å². The summed E-state index contributed by atoms with van der Waals surface area (Å²) >= 11 is 0. The number of nitrogens with one attached hydrogen (secondary N) is 2. The van der Waals surface area contributed by atoms with Crippen molar-refractivity contribution in [3.63, 3.8) is 0 Å². The number of para-hydroxylation sites is 1. The van der Waals surface area contributed by atoms with E-state index in [9.17, 15) is 0 Å². The quantitative estimate of drug-likeness (QED) is 0.586. The Morgan fingerprint density at radius 1 is 1.27 bits per heavy atom. The van der Waals surface area contributed by atoms with Crippen molar-refractivity contribution >= 4 is 11.4 Å². The van der Waals surface area contributed by atoms with Crippen LogP contribution in [0.25, 0.3) is 0 Å². The molecular weight excluding hydrogens is 136 g/mol. The zero-order valence-corrected chi connectivity index (χ0v) is 6.44. The van der Waals surface area contributed by atoms with Gasteiger partial charge < -0.3 is 10.6 Å². The van der Waals surface area contributed by atoms with E-state index in [-0.39, 0.29) is 0 Å². The smallest absolute Gasteiger partial charge is 0.100 e. The van der Waals surface area contributed by atoms with Crippen LogP contribution in [0, 0.1) is 6.92 Å². The number of benzene rings is 1. The Morgan fingerprint density at radius 2 is 2.09 bits per heavy atom. The molecular formula is C9H10N2. The molecule has 2 rings (SSSR count). The van der Waals surface area contributed by atoms with Gasteiger partial charge in [0.15, 0.2) is 0 Å². The van der Waals surface area contributed by atoms with E-state index in [1.807, 2.05) is 12.1 Å². The Kier molecular flexibility index (Phi) is 1.15. The molecule has 0 unspecified atom stereocenters. The topological polar surface area (TPSA) is 24.1 Å². The molecule has 1 aromatic rings. The minimum absolute atomic E-state index is 0.856. The molecule has 0 saturated carbocycles. The molecule has 0 atom stereocenters. The van der Waals surface area contributed by atoms with E-state index in [4.69, 9.17) is 0 Å². The second-order valence-corrected chi connectivity index (χ2v) is 2.73. The van der Waals surface area contributed by atoms with E-state index >= 15 is 0 Å². The SMILES string of the molecule is C=C1Nc2cccc(C)c2N1. The summed E-state index contributed by atoms with van der Waals surface area (Å²) in [5.74, 6) is 0.856. The number of hydrogen-bond acceptors (Lipinski definition) is 2. The predicted octanol–water partition coefficient (Wildman–Crippen LogP) is 2.30. The lowest BCUT2D eigenvalue weighted by Gasteiger charge is -1.99. The molecule has 56 valence electrons. The van der Waals surface area contributed by atoms with E-state index in [1.54, 1.807) is 0 Å². The average Bonchev–Trinajstić information content (AvgIpc) is 2.31. The zero-order chi connectivity index (χ0) is 7.84. The molecule has 2 nitrogen and oxygen atoms in total. The predicted molar refractivity (Wildman–Crippen MR) is 47.6 cm³/mol. The van der Waals surface area contributed by atoms with Crippen LogP contribution in [0.1, 0.15) is 5.56 Å². The molecule has 0 radical (unpaired) electrons. The average molecular weight is 146 g/mol. The van der Waals surface area contributed by atoms with Gasteiger partial charge in [-0.3, -0.25) is 0 Å². The molecule has 0 spiro atoms.